The van der Waals surface area contributed by atoms with Crippen molar-refractivity contribution < 1.29 is 0 Å². The maximum Gasteiger partial charge on any atom is 0.0452 e. The van der Waals surface area contributed by atoms with Crippen molar-refractivity contribution in [3.05, 3.63) is 33.8 Å². The predicted molar refractivity (Wildman–Crippen MR) is 80.8 cm³/mol. The Morgan fingerprint density at radius 2 is 2.11 bits per heavy atom. The second-order valence-electron chi connectivity index (χ2n) is 4.71. The number of benzene rings is 1. The van der Waals surface area contributed by atoms with Crippen LogP contribution in [-0.2, 0) is 6.54 Å². The Kier molecular flexibility index (Phi) is 6.75. The second kappa shape index (κ2) is 7.56. The van der Waals surface area contributed by atoms with Gasteiger partial charge in [-0.05, 0) is 55.6 Å². The van der Waals surface area contributed by atoms with Crippen molar-refractivity contribution in [2.24, 2.45) is 11.7 Å². The van der Waals surface area contributed by atoms with Crippen LogP contribution in [-0.4, -0.2) is 24.5 Å². The summed E-state index contributed by atoms with van der Waals surface area (Å²) in [5.41, 5.74) is 6.85. The molecular weight excluding hydrogens is 291 g/mol. The van der Waals surface area contributed by atoms with E-state index >= 15 is 0 Å². The quantitative estimate of drug-likeness (QED) is 0.924. The Morgan fingerprint density at radius 3 is 2.83 bits per heavy atom. The molecule has 1 unspecified atom stereocenters. The summed E-state index contributed by atoms with van der Waals surface area (Å²) < 4.78 is 0. The number of rotatable bonds is 3. The summed E-state index contributed by atoms with van der Waals surface area (Å²) in [4.78, 5) is 2.42. The first-order valence-corrected chi connectivity index (χ1v) is 6.81. The van der Waals surface area contributed by atoms with Gasteiger partial charge in [0.1, 0.15) is 0 Å². The second-order valence-corrected chi connectivity index (χ2v) is 5.56. The van der Waals surface area contributed by atoms with Crippen molar-refractivity contribution in [2.75, 3.05) is 19.6 Å². The minimum Gasteiger partial charge on any atom is -0.330 e. The smallest absolute Gasteiger partial charge is 0.0452 e. The lowest BCUT2D eigenvalue weighted by molar-refractivity contribution is 0.171. The Hall–Kier alpha value is 0.01000. The minimum atomic E-state index is 0. The summed E-state index contributed by atoms with van der Waals surface area (Å²) >= 11 is 12.2. The van der Waals surface area contributed by atoms with Gasteiger partial charge in [-0.2, -0.15) is 0 Å². The summed E-state index contributed by atoms with van der Waals surface area (Å²) in [6.07, 6.45) is 2.47. The van der Waals surface area contributed by atoms with Crippen LogP contribution in [0, 0.1) is 5.92 Å². The van der Waals surface area contributed by atoms with Gasteiger partial charge in [0.05, 0.1) is 0 Å². The number of halogens is 3. The molecule has 1 aromatic carbocycles. The van der Waals surface area contributed by atoms with Gasteiger partial charge >= 0.3 is 0 Å². The minimum absolute atomic E-state index is 0. The van der Waals surface area contributed by atoms with E-state index in [4.69, 9.17) is 28.9 Å². The van der Waals surface area contributed by atoms with Crippen LogP contribution < -0.4 is 5.73 Å². The molecule has 1 atom stereocenters. The van der Waals surface area contributed by atoms with Crippen molar-refractivity contribution >= 4 is 35.6 Å². The summed E-state index contributed by atoms with van der Waals surface area (Å²) in [7, 11) is 0. The fourth-order valence-electron chi connectivity index (χ4n) is 2.39. The van der Waals surface area contributed by atoms with Gasteiger partial charge in [0.25, 0.3) is 0 Å². The number of nitrogens with zero attached hydrogens (tertiary/aromatic N) is 1. The highest BCUT2D eigenvalue weighted by molar-refractivity contribution is 6.33. The fourth-order valence-corrected chi connectivity index (χ4v) is 2.76. The third-order valence-electron chi connectivity index (χ3n) is 3.34. The monoisotopic (exact) mass is 308 g/mol. The molecule has 0 amide bonds. The highest BCUT2D eigenvalue weighted by atomic mass is 35.5. The van der Waals surface area contributed by atoms with Crippen molar-refractivity contribution in [3.63, 3.8) is 0 Å². The fraction of sp³-hybridized carbons (Fsp3) is 0.538. The molecule has 1 aromatic rings. The van der Waals surface area contributed by atoms with E-state index in [0.717, 1.165) is 41.8 Å². The summed E-state index contributed by atoms with van der Waals surface area (Å²) in [6, 6.07) is 5.64. The van der Waals surface area contributed by atoms with E-state index in [9.17, 15) is 0 Å². The predicted octanol–water partition coefficient (Wildman–Crippen LogP) is 3.59. The summed E-state index contributed by atoms with van der Waals surface area (Å²) in [6.45, 7) is 3.84. The lowest BCUT2D eigenvalue weighted by Gasteiger charge is -2.32. The van der Waals surface area contributed by atoms with Crippen LogP contribution in [0.2, 0.25) is 10.0 Å². The van der Waals surface area contributed by atoms with Crippen LogP contribution >= 0.6 is 35.6 Å². The van der Waals surface area contributed by atoms with Crippen molar-refractivity contribution in [1.82, 2.24) is 4.90 Å². The van der Waals surface area contributed by atoms with E-state index in [1.165, 1.54) is 12.8 Å². The molecule has 5 heteroatoms. The molecule has 1 aliphatic rings. The number of piperidine rings is 1. The molecular formula is C13H19Cl3N2. The number of hydrogen-bond acceptors (Lipinski definition) is 2. The van der Waals surface area contributed by atoms with Gasteiger partial charge < -0.3 is 5.73 Å². The van der Waals surface area contributed by atoms with Crippen molar-refractivity contribution in [3.8, 4) is 0 Å². The molecule has 102 valence electrons. The number of nitrogens with two attached hydrogens (primary N) is 1. The highest BCUT2D eigenvalue weighted by Crippen LogP contribution is 2.24. The average Bonchev–Trinajstić information content (AvgIpc) is 2.34. The van der Waals surface area contributed by atoms with Crippen LogP contribution in [0.3, 0.4) is 0 Å². The normalized spacial score (nSPS) is 20.5. The van der Waals surface area contributed by atoms with Crippen molar-refractivity contribution in [1.29, 1.82) is 0 Å². The van der Waals surface area contributed by atoms with Crippen LogP contribution in [0.15, 0.2) is 18.2 Å². The first-order valence-electron chi connectivity index (χ1n) is 6.05. The average molecular weight is 310 g/mol. The maximum atomic E-state index is 6.18. The zero-order chi connectivity index (χ0) is 12.3. The van der Waals surface area contributed by atoms with E-state index in [-0.39, 0.29) is 12.4 Å². The van der Waals surface area contributed by atoms with Crippen LogP contribution in [0.4, 0.5) is 0 Å². The zero-order valence-corrected chi connectivity index (χ0v) is 12.6. The molecule has 1 heterocycles. The van der Waals surface area contributed by atoms with Gasteiger partial charge in [-0.25, -0.2) is 0 Å². The van der Waals surface area contributed by atoms with Crippen LogP contribution in [0.25, 0.3) is 0 Å². The van der Waals surface area contributed by atoms with Gasteiger partial charge in [0.15, 0.2) is 0 Å². The third kappa shape index (κ3) is 4.29. The lowest BCUT2D eigenvalue weighted by Crippen LogP contribution is -2.37. The van der Waals surface area contributed by atoms with E-state index < -0.39 is 0 Å². The molecule has 0 spiro atoms. The highest BCUT2D eigenvalue weighted by Gasteiger charge is 2.19. The summed E-state index contributed by atoms with van der Waals surface area (Å²) in [5.74, 6) is 0.627. The van der Waals surface area contributed by atoms with E-state index in [1.807, 2.05) is 18.2 Å². The lowest BCUT2D eigenvalue weighted by atomic mass is 9.98. The maximum absolute atomic E-state index is 6.18. The van der Waals surface area contributed by atoms with Gasteiger partial charge in [0, 0.05) is 23.1 Å². The Balaban J connectivity index is 0.00000162. The molecule has 2 nitrogen and oxygen atoms in total. The molecule has 2 N–H and O–H groups in total. The molecule has 0 bridgehead atoms. The zero-order valence-electron chi connectivity index (χ0n) is 10.2. The van der Waals surface area contributed by atoms with Gasteiger partial charge in [-0.3, -0.25) is 4.90 Å². The van der Waals surface area contributed by atoms with E-state index in [0.29, 0.717) is 5.92 Å². The van der Waals surface area contributed by atoms with Gasteiger partial charge in [0.2, 0.25) is 0 Å². The third-order valence-corrected chi connectivity index (χ3v) is 3.94. The SMILES string of the molecule is Cl.NCC1CCCN(Cc2cc(Cl)ccc2Cl)C1. The molecule has 1 fully saturated rings. The Labute approximate surface area is 125 Å². The van der Waals surface area contributed by atoms with E-state index in [2.05, 4.69) is 4.90 Å². The first-order chi connectivity index (χ1) is 8.19. The van der Waals surface area contributed by atoms with Crippen LogP contribution in [0.1, 0.15) is 18.4 Å². The summed E-state index contributed by atoms with van der Waals surface area (Å²) in [5, 5.41) is 1.54. The van der Waals surface area contributed by atoms with Gasteiger partial charge in [-0.1, -0.05) is 23.2 Å². The first kappa shape index (κ1) is 16.1. The van der Waals surface area contributed by atoms with Crippen LogP contribution in [0.5, 0.6) is 0 Å². The molecule has 2 rings (SSSR count). The molecule has 0 aliphatic carbocycles. The van der Waals surface area contributed by atoms with E-state index in [1.54, 1.807) is 0 Å². The largest absolute Gasteiger partial charge is 0.330 e. The Bertz CT molecular complexity index is 384. The molecule has 0 aromatic heterocycles. The van der Waals surface area contributed by atoms with Crippen molar-refractivity contribution in [2.45, 2.75) is 19.4 Å². The Morgan fingerprint density at radius 1 is 1.33 bits per heavy atom. The number of hydrogen-bond donors (Lipinski definition) is 1. The molecule has 0 saturated carbocycles. The molecule has 1 aliphatic heterocycles. The van der Waals surface area contributed by atoms with Gasteiger partial charge in [-0.15, -0.1) is 12.4 Å². The standard InChI is InChI=1S/C13H18Cl2N2.ClH/c14-12-3-4-13(15)11(6-12)9-17-5-1-2-10(7-16)8-17;/h3-4,6,10H,1-2,5,7-9,16H2;1H. The number of likely N-dealkylation sites (tertiary alicyclic amines) is 1. The molecule has 1 saturated heterocycles. The molecule has 18 heavy (non-hydrogen) atoms. The molecule has 0 radical (unpaired) electrons. The topological polar surface area (TPSA) is 29.3 Å².